The van der Waals surface area contributed by atoms with Gasteiger partial charge in [0.1, 0.15) is 0 Å². The molecule has 0 spiro atoms. The molecule has 2 aliphatic heterocycles. The van der Waals surface area contributed by atoms with Crippen molar-refractivity contribution in [3.63, 3.8) is 0 Å². The van der Waals surface area contributed by atoms with Crippen molar-refractivity contribution in [3.8, 4) is 0 Å². The van der Waals surface area contributed by atoms with Crippen LogP contribution in [0.5, 0.6) is 0 Å². The van der Waals surface area contributed by atoms with Crippen LogP contribution in [0.1, 0.15) is 36.0 Å². The number of carbonyl (C=O) groups is 2. The number of hydrogen-bond donors (Lipinski definition) is 0. The van der Waals surface area contributed by atoms with Crippen molar-refractivity contribution in [2.75, 3.05) is 33.3 Å². The molecule has 0 radical (unpaired) electrons. The lowest BCUT2D eigenvalue weighted by molar-refractivity contribution is -0.139. The molecule has 0 aromatic heterocycles. The van der Waals surface area contributed by atoms with Crippen LogP contribution in [0.15, 0.2) is 28.7 Å². The minimum absolute atomic E-state index is 0.0491. The van der Waals surface area contributed by atoms with E-state index in [9.17, 15) is 9.59 Å². The topological polar surface area (TPSA) is 49.9 Å². The smallest absolute Gasteiger partial charge is 0.253 e. The Labute approximate surface area is 157 Å². The molecular weight excluding hydrogens is 384 g/mol. The number of ether oxygens (including phenoxy) is 1. The van der Waals surface area contributed by atoms with Gasteiger partial charge in [-0.2, -0.15) is 0 Å². The first-order valence-corrected chi connectivity index (χ1v) is 9.74. The zero-order valence-electron chi connectivity index (χ0n) is 14.6. The van der Waals surface area contributed by atoms with Crippen LogP contribution in [0.25, 0.3) is 0 Å². The van der Waals surface area contributed by atoms with Crippen LogP contribution in [-0.4, -0.2) is 61.0 Å². The Balaban J connectivity index is 1.50. The molecule has 0 bridgehead atoms. The van der Waals surface area contributed by atoms with Crippen LogP contribution in [0.4, 0.5) is 0 Å². The van der Waals surface area contributed by atoms with E-state index in [0.717, 1.165) is 43.2 Å². The van der Waals surface area contributed by atoms with E-state index in [4.69, 9.17) is 4.74 Å². The molecule has 1 aromatic rings. The average molecular weight is 409 g/mol. The average Bonchev–Trinajstić information content (AvgIpc) is 2.67. The molecule has 2 fully saturated rings. The Morgan fingerprint density at radius 2 is 1.52 bits per heavy atom. The molecule has 3 rings (SSSR count). The third-order valence-corrected chi connectivity index (χ3v) is 5.84. The summed E-state index contributed by atoms with van der Waals surface area (Å²) >= 11 is 3.39. The molecule has 1 aromatic carbocycles. The fourth-order valence-corrected chi connectivity index (χ4v) is 3.94. The van der Waals surface area contributed by atoms with Gasteiger partial charge in [-0.15, -0.1) is 0 Å². The summed E-state index contributed by atoms with van der Waals surface area (Å²) in [6.07, 6.45) is 3.64. The lowest BCUT2D eigenvalue weighted by Crippen LogP contribution is -2.47. The van der Waals surface area contributed by atoms with Crippen molar-refractivity contribution in [1.82, 2.24) is 9.80 Å². The second kappa shape index (κ2) is 8.32. The van der Waals surface area contributed by atoms with E-state index in [1.807, 2.05) is 34.1 Å². The number of halogens is 1. The number of methoxy groups -OCH3 is 1. The second-order valence-corrected chi connectivity index (χ2v) is 7.75. The summed E-state index contributed by atoms with van der Waals surface area (Å²) in [5, 5.41) is 0. The van der Waals surface area contributed by atoms with Crippen molar-refractivity contribution in [2.45, 2.75) is 31.8 Å². The summed E-state index contributed by atoms with van der Waals surface area (Å²) in [5.41, 5.74) is 0.703. The van der Waals surface area contributed by atoms with Crippen molar-refractivity contribution in [1.29, 1.82) is 0 Å². The number of carbonyl (C=O) groups excluding carboxylic acids is 2. The first-order chi connectivity index (χ1) is 12.1. The molecule has 2 heterocycles. The molecule has 2 saturated heterocycles. The Bertz CT molecular complexity index is 604. The third kappa shape index (κ3) is 4.42. The molecular formula is C19H25BrN2O3. The number of piperidine rings is 2. The maximum atomic E-state index is 12.7. The third-order valence-electron chi connectivity index (χ3n) is 5.31. The van der Waals surface area contributed by atoms with Crippen molar-refractivity contribution in [3.05, 3.63) is 34.3 Å². The summed E-state index contributed by atoms with van der Waals surface area (Å²) in [4.78, 5) is 29.1. The summed E-state index contributed by atoms with van der Waals surface area (Å²) in [6, 6.07) is 7.44. The van der Waals surface area contributed by atoms with Crippen molar-refractivity contribution < 1.29 is 14.3 Å². The normalized spacial score (nSPS) is 19.9. The minimum atomic E-state index is 0.0491. The predicted molar refractivity (Wildman–Crippen MR) is 99.4 cm³/mol. The van der Waals surface area contributed by atoms with Gasteiger partial charge in [-0.05, 0) is 49.9 Å². The monoisotopic (exact) mass is 408 g/mol. The van der Waals surface area contributed by atoms with Crippen LogP contribution < -0.4 is 0 Å². The van der Waals surface area contributed by atoms with E-state index in [1.54, 1.807) is 7.11 Å². The fourth-order valence-electron chi connectivity index (χ4n) is 3.67. The lowest BCUT2D eigenvalue weighted by atomic mass is 9.93. The number of benzene rings is 1. The zero-order chi connectivity index (χ0) is 17.8. The van der Waals surface area contributed by atoms with E-state index in [2.05, 4.69) is 15.9 Å². The van der Waals surface area contributed by atoms with E-state index in [-0.39, 0.29) is 23.8 Å². The first kappa shape index (κ1) is 18.4. The minimum Gasteiger partial charge on any atom is -0.381 e. The quantitative estimate of drug-likeness (QED) is 0.772. The molecule has 136 valence electrons. The predicted octanol–water partition coefficient (Wildman–Crippen LogP) is 2.94. The molecule has 25 heavy (non-hydrogen) atoms. The second-order valence-electron chi connectivity index (χ2n) is 6.83. The van der Waals surface area contributed by atoms with Gasteiger partial charge in [0.2, 0.25) is 5.91 Å². The molecule has 0 atom stereocenters. The maximum Gasteiger partial charge on any atom is 0.253 e. The van der Waals surface area contributed by atoms with Crippen LogP contribution in [0.3, 0.4) is 0 Å². The van der Waals surface area contributed by atoms with Gasteiger partial charge in [0.15, 0.2) is 0 Å². The molecule has 0 saturated carbocycles. The molecule has 0 aliphatic carbocycles. The van der Waals surface area contributed by atoms with Gasteiger partial charge in [-0.3, -0.25) is 9.59 Å². The van der Waals surface area contributed by atoms with E-state index in [1.165, 1.54) is 0 Å². The zero-order valence-corrected chi connectivity index (χ0v) is 16.2. The largest absolute Gasteiger partial charge is 0.381 e. The van der Waals surface area contributed by atoms with Gasteiger partial charge in [-0.25, -0.2) is 0 Å². The van der Waals surface area contributed by atoms with Gasteiger partial charge < -0.3 is 14.5 Å². The Morgan fingerprint density at radius 1 is 0.960 bits per heavy atom. The van der Waals surface area contributed by atoms with Gasteiger partial charge in [-0.1, -0.05) is 15.9 Å². The number of hydrogen-bond acceptors (Lipinski definition) is 3. The van der Waals surface area contributed by atoms with Gasteiger partial charge >= 0.3 is 0 Å². The van der Waals surface area contributed by atoms with Crippen LogP contribution >= 0.6 is 15.9 Å². The van der Waals surface area contributed by atoms with Gasteiger partial charge in [0.25, 0.3) is 5.91 Å². The Hall–Kier alpha value is -1.40. The highest BCUT2D eigenvalue weighted by molar-refractivity contribution is 9.10. The Morgan fingerprint density at radius 3 is 2.08 bits per heavy atom. The fraction of sp³-hybridized carbons (Fsp3) is 0.579. The van der Waals surface area contributed by atoms with Crippen LogP contribution in [0, 0.1) is 5.92 Å². The molecule has 0 unspecified atom stereocenters. The van der Waals surface area contributed by atoms with E-state index >= 15 is 0 Å². The van der Waals surface area contributed by atoms with E-state index in [0.29, 0.717) is 18.7 Å². The highest BCUT2D eigenvalue weighted by Crippen LogP contribution is 2.24. The lowest BCUT2D eigenvalue weighted by Gasteiger charge is -2.37. The first-order valence-electron chi connectivity index (χ1n) is 8.95. The molecule has 6 heteroatoms. The number of nitrogens with zero attached hydrogens (tertiary/aromatic N) is 2. The maximum absolute atomic E-state index is 12.7. The van der Waals surface area contributed by atoms with Crippen LogP contribution in [-0.2, 0) is 9.53 Å². The number of amides is 2. The SMILES string of the molecule is COC1CCN(C(=O)C2CCN(C(=O)c3ccc(Br)cc3)CC2)CC1. The number of rotatable bonds is 3. The number of likely N-dealkylation sites (tertiary alicyclic amines) is 2. The molecule has 5 nitrogen and oxygen atoms in total. The van der Waals surface area contributed by atoms with Gasteiger partial charge in [0, 0.05) is 49.2 Å². The summed E-state index contributed by atoms with van der Waals surface area (Å²) in [7, 11) is 1.74. The summed E-state index contributed by atoms with van der Waals surface area (Å²) < 4.78 is 6.33. The highest BCUT2D eigenvalue weighted by Gasteiger charge is 2.32. The van der Waals surface area contributed by atoms with Crippen molar-refractivity contribution in [2.24, 2.45) is 5.92 Å². The molecule has 2 amide bonds. The van der Waals surface area contributed by atoms with Crippen molar-refractivity contribution >= 4 is 27.7 Å². The molecule has 2 aliphatic rings. The Kier molecular flexibility index (Phi) is 6.12. The summed E-state index contributed by atoms with van der Waals surface area (Å²) in [6.45, 7) is 2.88. The summed E-state index contributed by atoms with van der Waals surface area (Å²) in [5.74, 6) is 0.359. The standard InChI is InChI=1S/C19H25BrN2O3/c1-25-17-8-12-22(13-9-17)19(24)15-6-10-21(11-7-15)18(23)14-2-4-16(20)5-3-14/h2-5,15,17H,6-13H2,1H3. The van der Waals surface area contributed by atoms with E-state index < -0.39 is 0 Å². The molecule has 0 N–H and O–H groups in total. The highest BCUT2D eigenvalue weighted by atomic mass is 79.9. The van der Waals surface area contributed by atoms with Crippen LogP contribution in [0.2, 0.25) is 0 Å². The van der Waals surface area contributed by atoms with Gasteiger partial charge in [0.05, 0.1) is 6.10 Å².